The minimum atomic E-state index is -0.400. The Labute approximate surface area is 175 Å². The summed E-state index contributed by atoms with van der Waals surface area (Å²) < 4.78 is 5.38. The number of aromatic nitrogens is 1. The minimum Gasteiger partial charge on any atom is -0.494 e. The highest BCUT2D eigenvalue weighted by Crippen LogP contribution is 2.26. The monoisotopic (exact) mass is 404 g/mol. The lowest BCUT2D eigenvalue weighted by Gasteiger charge is -2.20. The summed E-state index contributed by atoms with van der Waals surface area (Å²) in [6, 6.07) is 16.3. The summed E-state index contributed by atoms with van der Waals surface area (Å²) in [5.74, 6) is 0.548. The zero-order valence-corrected chi connectivity index (χ0v) is 16.9. The molecule has 30 heavy (non-hydrogen) atoms. The van der Waals surface area contributed by atoms with Crippen LogP contribution in [0.1, 0.15) is 40.5 Å². The van der Waals surface area contributed by atoms with Crippen molar-refractivity contribution >= 4 is 28.5 Å². The molecule has 4 rings (SSSR count). The van der Waals surface area contributed by atoms with E-state index in [9.17, 15) is 9.59 Å². The highest BCUT2D eigenvalue weighted by molar-refractivity contribution is 6.04. The molecule has 2 N–H and O–H groups in total. The smallest absolute Gasteiger partial charge is 0.273 e. The van der Waals surface area contributed by atoms with Crippen molar-refractivity contribution in [3.63, 3.8) is 0 Å². The van der Waals surface area contributed by atoms with Crippen molar-refractivity contribution in [3.8, 4) is 5.75 Å². The molecular formula is C23H24N4O3. The Bertz CT molecular complexity index is 1060. The molecular weight excluding hydrogens is 380 g/mol. The number of hydrogen-bond donors (Lipinski definition) is 2. The van der Waals surface area contributed by atoms with Gasteiger partial charge in [0.05, 0.1) is 17.7 Å². The molecule has 0 saturated carbocycles. The maximum Gasteiger partial charge on any atom is 0.273 e. The molecule has 0 spiro atoms. The Hall–Kier alpha value is -3.61. The molecule has 7 heteroatoms. The van der Waals surface area contributed by atoms with E-state index in [1.54, 1.807) is 24.3 Å². The second kappa shape index (κ2) is 8.82. The first-order chi connectivity index (χ1) is 14.7. The molecule has 2 amide bonds. The normalized spacial score (nSPS) is 13.3. The van der Waals surface area contributed by atoms with E-state index in [1.807, 2.05) is 37.3 Å². The van der Waals surface area contributed by atoms with E-state index in [-0.39, 0.29) is 0 Å². The van der Waals surface area contributed by atoms with E-state index in [2.05, 4.69) is 15.8 Å². The van der Waals surface area contributed by atoms with Gasteiger partial charge in [-0.05, 0) is 56.2 Å². The maximum atomic E-state index is 12.9. The van der Waals surface area contributed by atoms with Crippen LogP contribution in [-0.4, -0.2) is 36.5 Å². The summed E-state index contributed by atoms with van der Waals surface area (Å²) in [4.78, 5) is 32.2. The van der Waals surface area contributed by atoms with Crippen molar-refractivity contribution < 1.29 is 14.3 Å². The number of carbonyl (C=O) groups excluding carboxylic acids is 2. The second-order valence-corrected chi connectivity index (χ2v) is 7.11. The van der Waals surface area contributed by atoms with Gasteiger partial charge < -0.3 is 9.64 Å². The van der Waals surface area contributed by atoms with E-state index in [1.165, 1.54) is 0 Å². The van der Waals surface area contributed by atoms with Gasteiger partial charge in [-0.25, -0.2) is 4.98 Å². The number of fused-ring (bicyclic) bond motifs is 1. The zero-order chi connectivity index (χ0) is 20.9. The fourth-order valence-electron chi connectivity index (χ4n) is 3.57. The molecule has 2 aromatic carbocycles. The van der Waals surface area contributed by atoms with Gasteiger partial charge in [0.1, 0.15) is 11.6 Å². The lowest BCUT2D eigenvalue weighted by atomic mass is 10.1. The summed E-state index contributed by atoms with van der Waals surface area (Å²) in [6.45, 7) is 4.18. The van der Waals surface area contributed by atoms with E-state index < -0.39 is 11.8 Å². The molecule has 0 atom stereocenters. The average molecular weight is 404 g/mol. The summed E-state index contributed by atoms with van der Waals surface area (Å²) in [5, 5.41) is 0.878. The molecule has 1 aliphatic rings. The predicted molar refractivity (Wildman–Crippen MR) is 116 cm³/mol. The minimum absolute atomic E-state index is 0.394. The second-order valence-electron chi connectivity index (χ2n) is 7.11. The molecule has 2 heterocycles. The van der Waals surface area contributed by atoms with Gasteiger partial charge in [-0.3, -0.25) is 20.4 Å². The maximum absolute atomic E-state index is 12.9. The van der Waals surface area contributed by atoms with Crippen molar-refractivity contribution in [1.82, 2.24) is 15.8 Å². The topological polar surface area (TPSA) is 83.6 Å². The summed E-state index contributed by atoms with van der Waals surface area (Å²) in [6.07, 6.45) is 2.15. The summed E-state index contributed by atoms with van der Waals surface area (Å²) >= 11 is 0. The highest BCUT2D eigenvalue weighted by atomic mass is 16.5. The van der Waals surface area contributed by atoms with Crippen LogP contribution in [-0.2, 0) is 0 Å². The third kappa shape index (κ3) is 4.20. The number of anilines is 1. The van der Waals surface area contributed by atoms with Crippen molar-refractivity contribution in [2.45, 2.75) is 19.8 Å². The Morgan fingerprint density at radius 3 is 2.43 bits per heavy atom. The van der Waals surface area contributed by atoms with Crippen molar-refractivity contribution in [2.75, 3.05) is 24.6 Å². The Balaban J connectivity index is 1.52. The average Bonchev–Trinajstić information content (AvgIpc) is 3.32. The first-order valence-corrected chi connectivity index (χ1v) is 10.1. The van der Waals surface area contributed by atoms with Gasteiger partial charge in [-0.15, -0.1) is 0 Å². The molecule has 0 aliphatic carbocycles. The van der Waals surface area contributed by atoms with Crippen LogP contribution in [0, 0.1) is 0 Å². The lowest BCUT2D eigenvalue weighted by molar-refractivity contribution is 0.0847. The number of pyridine rings is 1. The summed E-state index contributed by atoms with van der Waals surface area (Å²) in [7, 11) is 0. The molecule has 1 fully saturated rings. The van der Waals surface area contributed by atoms with Crippen LogP contribution in [0.25, 0.3) is 10.9 Å². The number of rotatable bonds is 5. The quantitative estimate of drug-likeness (QED) is 0.638. The molecule has 0 unspecified atom stereocenters. The van der Waals surface area contributed by atoms with E-state index in [4.69, 9.17) is 9.72 Å². The first kappa shape index (κ1) is 19.7. The predicted octanol–water partition coefficient (Wildman–Crippen LogP) is 3.31. The van der Waals surface area contributed by atoms with Gasteiger partial charge in [0, 0.05) is 24.0 Å². The first-order valence-electron chi connectivity index (χ1n) is 10.1. The van der Waals surface area contributed by atoms with Crippen LogP contribution in [0.2, 0.25) is 0 Å². The molecule has 1 aromatic heterocycles. The van der Waals surface area contributed by atoms with Crippen LogP contribution < -0.4 is 20.5 Å². The van der Waals surface area contributed by atoms with Crippen molar-refractivity contribution in [3.05, 3.63) is 65.7 Å². The van der Waals surface area contributed by atoms with Gasteiger partial charge >= 0.3 is 0 Å². The van der Waals surface area contributed by atoms with E-state index >= 15 is 0 Å². The number of amides is 2. The molecule has 1 aliphatic heterocycles. The van der Waals surface area contributed by atoms with Crippen LogP contribution in [0.3, 0.4) is 0 Å². The van der Waals surface area contributed by atoms with Crippen LogP contribution in [0.15, 0.2) is 54.6 Å². The lowest BCUT2D eigenvalue weighted by Crippen LogP contribution is -2.42. The Morgan fingerprint density at radius 1 is 1.00 bits per heavy atom. The van der Waals surface area contributed by atoms with Crippen LogP contribution in [0.5, 0.6) is 5.75 Å². The number of hydrazine groups is 1. The standard InChI is InChI=1S/C23H24N4O3/c1-2-30-18-11-9-16(10-12-18)22(28)25-26-23(29)19-15-17-7-3-4-8-20(17)24-21(19)27-13-5-6-14-27/h3-4,7-12,15H,2,5-6,13-14H2,1H3,(H,25,28)(H,26,29). The molecule has 1 saturated heterocycles. The van der Waals surface area contributed by atoms with Gasteiger partial charge in [0.25, 0.3) is 11.8 Å². The number of nitrogens with one attached hydrogen (secondary N) is 2. The fourth-order valence-corrected chi connectivity index (χ4v) is 3.57. The molecule has 3 aromatic rings. The molecule has 0 radical (unpaired) electrons. The van der Waals surface area contributed by atoms with Gasteiger partial charge in [-0.2, -0.15) is 0 Å². The molecule has 154 valence electrons. The number of hydrogen-bond acceptors (Lipinski definition) is 5. The number of ether oxygens (including phenoxy) is 1. The van der Waals surface area contributed by atoms with Gasteiger partial charge in [-0.1, -0.05) is 18.2 Å². The van der Waals surface area contributed by atoms with Crippen molar-refractivity contribution in [1.29, 1.82) is 0 Å². The van der Waals surface area contributed by atoms with Gasteiger partial charge in [0.2, 0.25) is 0 Å². The SMILES string of the molecule is CCOc1ccc(C(=O)NNC(=O)c2cc3ccccc3nc2N2CCCC2)cc1. The van der Waals surface area contributed by atoms with Crippen LogP contribution >= 0.6 is 0 Å². The Kier molecular flexibility index (Phi) is 5.79. The number of nitrogens with zero attached hydrogens (tertiary/aromatic N) is 2. The van der Waals surface area contributed by atoms with Crippen LogP contribution in [0.4, 0.5) is 5.82 Å². The number of para-hydroxylation sites is 1. The third-order valence-corrected chi connectivity index (χ3v) is 5.07. The molecule has 0 bridgehead atoms. The van der Waals surface area contributed by atoms with Crippen molar-refractivity contribution in [2.24, 2.45) is 0 Å². The highest BCUT2D eigenvalue weighted by Gasteiger charge is 2.22. The van der Waals surface area contributed by atoms with E-state index in [0.717, 1.165) is 36.8 Å². The van der Waals surface area contributed by atoms with Gasteiger partial charge in [0.15, 0.2) is 0 Å². The number of benzene rings is 2. The number of carbonyl (C=O) groups is 2. The molecule has 7 nitrogen and oxygen atoms in total. The fraction of sp³-hybridized carbons (Fsp3) is 0.261. The Morgan fingerprint density at radius 2 is 1.70 bits per heavy atom. The third-order valence-electron chi connectivity index (χ3n) is 5.07. The largest absolute Gasteiger partial charge is 0.494 e. The summed E-state index contributed by atoms with van der Waals surface area (Å²) in [5.41, 5.74) is 6.73. The zero-order valence-electron chi connectivity index (χ0n) is 16.9. The van der Waals surface area contributed by atoms with E-state index in [0.29, 0.717) is 29.3 Å².